The molecule has 1 fully saturated rings. The second kappa shape index (κ2) is 8.10. The van der Waals surface area contributed by atoms with Crippen LogP contribution in [0.25, 0.3) is 11.4 Å². The Kier molecular flexibility index (Phi) is 5.86. The summed E-state index contributed by atoms with van der Waals surface area (Å²) in [6, 6.07) is 7.59. The minimum absolute atomic E-state index is 0.00560. The minimum atomic E-state index is 0.00560. The summed E-state index contributed by atoms with van der Waals surface area (Å²) in [5.74, 6) is 7.36. The Labute approximate surface area is 156 Å². The highest BCUT2D eigenvalue weighted by Gasteiger charge is 2.23. The number of benzene rings is 1. The first-order chi connectivity index (χ1) is 12.1. The van der Waals surface area contributed by atoms with Crippen molar-refractivity contribution in [1.82, 2.24) is 20.2 Å². The molecule has 0 aliphatic heterocycles. The van der Waals surface area contributed by atoms with Gasteiger partial charge >= 0.3 is 0 Å². The lowest BCUT2D eigenvalue weighted by Crippen LogP contribution is -2.41. The largest absolute Gasteiger partial charge is 0.352 e. The minimum Gasteiger partial charge on any atom is -0.352 e. The van der Waals surface area contributed by atoms with E-state index in [1.165, 1.54) is 35.7 Å². The summed E-state index contributed by atoms with van der Waals surface area (Å²) in [6.07, 6.45) is 4.67. The number of rotatable bonds is 5. The smallest absolute Gasteiger partial charge is 0.230 e. The van der Waals surface area contributed by atoms with Gasteiger partial charge in [-0.15, -0.1) is 10.2 Å². The van der Waals surface area contributed by atoms with Gasteiger partial charge in [-0.3, -0.25) is 4.79 Å². The number of aromatic nitrogens is 3. The van der Waals surface area contributed by atoms with Gasteiger partial charge in [-0.25, -0.2) is 4.68 Å². The summed E-state index contributed by atoms with van der Waals surface area (Å²) in [6.45, 7) is 2.20. The predicted molar refractivity (Wildman–Crippen MR) is 101 cm³/mol. The van der Waals surface area contributed by atoms with Crippen molar-refractivity contribution in [2.24, 2.45) is 5.92 Å². The molecular formula is C17H22ClN5OS. The molecule has 2 aromatic rings. The second-order valence-corrected chi connectivity index (χ2v) is 7.73. The molecule has 1 aromatic carbocycles. The highest BCUT2D eigenvalue weighted by Crippen LogP contribution is 2.28. The van der Waals surface area contributed by atoms with E-state index < -0.39 is 0 Å². The molecule has 0 unspecified atom stereocenters. The SMILES string of the molecule is C[C@@H]1CCCC[C@@H]1NC(=O)CSc1nnc(-c2ccccc2Cl)n1N. The number of nitrogens with two attached hydrogens (primary N) is 1. The molecule has 1 heterocycles. The van der Waals surface area contributed by atoms with Crippen LogP contribution >= 0.6 is 23.4 Å². The van der Waals surface area contributed by atoms with Crippen molar-refractivity contribution in [2.75, 3.05) is 11.6 Å². The number of carbonyl (C=O) groups excluding carboxylic acids is 1. The van der Waals surface area contributed by atoms with E-state index in [2.05, 4.69) is 22.4 Å². The van der Waals surface area contributed by atoms with Crippen LogP contribution in [-0.4, -0.2) is 32.6 Å². The number of thioether (sulfide) groups is 1. The molecule has 0 radical (unpaired) electrons. The van der Waals surface area contributed by atoms with Gasteiger partial charge in [0.25, 0.3) is 0 Å². The maximum Gasteiger partial charge on any atom is 0.230 e. The highest BCUT2D eigenvalue weighted by molar-refractivity contribution is 7.99. The number of amides is 1. The molecule has 1 aromatic heterocycles. The summed E-state index contributed by atoms with van der Waals surface area (Å²) in [4.78, 5) is 12.2. The first kappa shape index (κ1) is 18.1. The number of hydrogen-bond donors (Lipinski definition) is 2. The van der Waals surface area contributed by atoms with Crippen molar-refractivity contribution in [3.63, 3.8) is 0 Å². The molecule has 25 heavy (non-hydrogen) atoms. The Morgan fingerprint density at radius 3 is 2.88 bits per heavy atom. The summed E-state index contributed by atoms with van der Waals surface area (Å²) in [5.41, 5.74) is 0.714. The normalized spacial score (nSPS) is 20.4. The van der Waals surface area contributed by atoms with E-state index in [1.807, 2.05) is 18.2 Å². The van der Waals surface area contributed by atoms with E-state index in [0.29, 0.717) is 27.5 Å². The van der Waals surface area contributed by atoms with E-state index >= 15 is 0 Å². The van der Waals surface area contributed by atoms with Gasteiger partial charge in [-0.2, -0.15) is 0 Å². The average Bonchev–Trinajstić information content (AvgIpc) is 2.96. The maximum atomic E-state index is 12.2. The molecule has 0 saturated heterocycles. The number of nitrogens with one attached hydrogen (secondary N) is 1. The molecule has 1 amide bonds. The Hall–Kier alpha value is -1.73. The lowest BCUT2D eigenvalue weighted by Gasteiger charge is -2.29. The average molecular weight is 380 g/mol. The number of carbonyl (C=O) groups is 1. The lowest BCUT2D eigenvalue weighted by molar-refractivity contribution is -0.119. The zero-order valence-corrected chi connectivity index (χ0v) is 15.7. The first-order valence-corrected chi connectivity index (χ1v) is 9.80. The highest BCUT2D eigenvalue weighted by atomic mass is 35.5. The van der Waals surface area contributed by atoms with Gasteiger partial charge in [0.15, 0.2) is 5.82 Å². The van der Waals surface area contributed by atoms with Crippen molar-refractivity contribution in [1.29, 1.82) is 0 Å². The summed E-state index contributed by atoms with van der Waals surface area (Å²) in [5, 5.41) is 12.4. The van der Waals surface area contributed by atoms with Gasteiger partial charge in [-0.1, -0.05) is 55.3 Å². The standard InChI is InChI=1S/C17H22ClN5OS/c1-11-6-2-5-9-14(11)20-15(24)10-25-17-22-21-16(23(17)19)12-7-3-4-8-13(12)18/h3-4,7-8,11,14H,2,5-6,9-10,19H2,1H3,(H,20,24)/t11-,14+/m1/s1. The van der Waals surface area contributed by atoms with Crippen LogP contribution < -0.4 is 11.2 Å². The Bertz CT molecular complexity index is 750. The van der Waals surface area contributed by atoms with Gasteiger partial charge < -0.3 is 11.2 Å². The number of nitrogens with zero attached hydrogens (tertiary/aromatic N) is 3. The summed E-state index contributed by atoms with van der Waals surface area (Å²) >= 11 is 7.46. The van der Waals surface area contributed by atoms with Crippen LogP contribution in [0.2, 0.25) is 5.02 Å². The molecular weight excluding hydrogens is 358 g/mol. The third-order valence-corrected chi connectivity index (χ3v) is 5.84. The quantitative estimate of drug-likeness (QED) is 0.615. The van der Waals surface area contributed by atoms with Crippen molar-refractivity contribution in [3.05, 3.63) is 29.3 Å². The van der Waals surface area contributed by atoms with Gasteiger partial charge in [0.05, 0.1) is 10.8 Å². The molecule has 6 nitrogen and oxygen atoms in total. The topological polar surface area (TPSA) is 85.8 Å². The lowest BCUT2D eigenvalue weighted by atomic mass is 9.86. The summed E-state index contributed by atoms with van der Waals surface area (Å²) in [7, 11) is 0. The maximum absolute atomic E-state index is 12.2. The van der Waals surface area contributed by atoms with E-state index in [4.69, 9.17) is 17.4 Å². The Balaban J connectivity index is 1.60. The van der Waals surface area contributed by atoms with Crippen molar-refractivity contribution in [3.8, 4) is 11.4 Å². The fourth-order valence-corrected chi connectivity index (χ4v) is 4.00. The Morgan fingerprint density at radius 1 is 1.36 bits per heavy atom. The van der Waals surface area contributed by atoms with Gasteiger partial charge in [-0.05, 0) is 30.9 Å². The van der Waals surface area contributed by atoms with Crippen LogP contribution in [0.1, 0.15) is 32.6 Å². The van der Waals surface area contributed by atoms with Crippen molar-refractivity contribution in [2.45, 2.75) is 43.8 Å². The molecule has 1 aliphatic carbocycles. The van der Waals surface area contributed by atoms with E-state index in [9.17, 15) is 4.79 Å². The van der Waals surface area contributed by atoms with Crippen LogP contribution in [0.4, 0.5) is 0 Å². The number of hydrogen-bond acceptors (Lipinski definition) is 5. The van der Waals surface area contributed by atoms with Crippen LogP contribution in [0, 0.1) is 5.92 Å². The zero-order valence-electron chi connectivity index (χ0n) is 14.1. The molecule has 8 heteroatoms. The van der Waals surface area contributed by atoms with Crippen LogP contribution in [-0.2, 0) is 4.79 Å². The van der Waals surface area contributed by atoms with Crippen LogP contribution in [0.3, 0.4) is 0 Å². The molecule has 0 spiro atoms. The molecule has 3 N–H and O–H groups in total. The second-order valence-electron chi connectivity index (χ2n) is 6.38. The first-order valence-electron chi connectivity index (χ1n) is 8.44. The third kappa shape index (κ3) is 4.27. The van der Waals surface area contributed by atoms with E-state index in [0.717, 1.165) is 6.42 Å². The van der Waals surface area contributed by atoms with E-state index in [-0.39, 0.29) is 17.7 Å². The third-order valence-electron chi connectivity index (χ3n) is 4.57. The number of halogens is 1. The van der Waals surface area contributed by atoms with Crippen LogP contribution in [0.15, 0.2) is 29.4 Å². The van der Waals surface area contributed by atoms with Gasteiger partial charge in [0.1, 0.15) is 0 Å². The van der Waals surface area contributed by atoms with Crippen molar-refractivity contribution >= 4 is 29.3 Å². The molecule has 0 bridgehead atoms. The number of nitrogen functional groups attached to an aromatic ring is 1. The molecule has 3 rings (SSSR count). The van der Waals surface area contributed by atoms with Gasteiger partial charge in [0.2, 0.25) is 11.1 Å². The Morgan fingerprint density at radius 2 is 2.12 bits per heavy atom. The molecule has 1 aliphatic rings. The molecule has 1 saturated carbocycles. The molecule has 134 valence electrons. The molecule has 2 atom stereocenters. The summed E-state index contributed by atoms with van der Waals surface area (Å²) < 4.78 is 1.38. The fraction of sp³-hybridized carbons (Fsp3) is 0.471. The predicted octanol–water partition coefficient (Wildman–Crippen LogP) is 3.10. The fourth-order valence-electron chi connectivity index (χ4n) is 3.11. The monoisotopic (exact) mass is 379 g/mol. The zero-order chi connectivity index (χ0) is 17.8. The van der Waals surface area contributed by atoms with Crippen molar-refractivity contribution < 1.29 is 4.79 Å². The van der Waals surface area contributed by atoms with Gasteiger partial charge in [0, 0.05) is 11.6 Å². The van der Waals surface area contributed by atoms with E-state index in [1.54, 1.807) is 6.07 Å². The van der Waals surface area contributed by atoms with Crippen LogP contribution in [0.5, 0.6) is 0 Å².